The van der Waals surface area contributed by atoms with Crippen LogP contribution in [0.15, 0.2) is 12.1 Å². The van der Waals surface area contributed by atoms with Gasteiger partial charge < -0.3 is 15.5 Å². The number of carbonyl (C=O) groups excluding carboxylic acids is 2. The number of carbonyl (C=O) groups is 2. The number of piperazine rings is 1. The van der Waals surface area contributed by atoms with Crippen molar-refractivity contribution in [3.05, 3.63) is 29.3 Å². The summed E-state index contributed by atoms with van der Waals surface area (Å²) in [5, 5.41) is 0. The molecule has 19 heavy (non-hydrogen) atoms. The fourth-order valence-electron chi connectivity index (χ4n) is 1.82. The number of benzene rings is 1. The maximum absolute atomic E-state index is 13.3. The van der Waals surface area contributed by atoms with E-state index in [-0.39, 0.29) is 18.0 Å². The van der Waals surface area contributed by atoms with Crippen LogP contribution in [0.1, 0.15) is 10.4 Å². The maximum Gasteiger partial charge on any atom is 0.254 e. The van der Waals surface area contributed by atoms with Gasteiger partial charge in [0.1, 0.15) is 23.9 Å². The summed E-state index contributed by atoms with van der Waals surface area (Å²) in [5.74, 6) is -2.76. The third kappa shape index (κ3) is 2.49. The molecule has 0 radical (unpaired) electrons. The van der Waals surface area contributed by atoms with Crippen molar-refractivity contribution in [1.82, 2.24) is 9.80 Å². The second-order valence-electron chi connectivity index (χ2n) is 4.40. The van der Waals surface area contributed by atoms with Crippen LogP contribution in [0, 0.1) is 11.6 Å². The first-order valence-corrected chi connectivity index (χ1v) is 5.68. The second-order valence-corrected chi connectivity index (χ2v) is 4.40. The number of nitrogen functional groups attached to an aromatic ring is 1. The highest BCUT2D eigenvalue weighted by Crippen LogP contribution is 2.19. The highest BCUT2D eigenvalue weighted by atomic mass is 19.1. The summed E-state index contributed by atoms with van der Waals surface area (Å²) in [6.45, 7) is 0.627. The molecule has 0 saturated carbocycles. The van der Waals surface area contributed by atoms with Crippen LogP contribution >= 0.6 is 0 Å². The van der Waals surface area contributed by atoms with Crippen molar-refractivity contribution in [2.75, 3.05) is 32.4 Å². The van der Waals surface area contributed by atoms with Gasteiger partial charge in [0.25, 0.3) is 5.91 Å². The minimum Gasteiger partial charge on any atom is -0.394 e. The first-order valence-electron chi connectivity index (χ1n) is 5.68. The molecule has 0 bridgehead atoms. The molecule has 0 aliphatic carbocycles. The zero-order valence-electron chi connectivity index (χ0n) is 10.3. The molecule has 2 amide bonds. The van der Waals surface area contributed by atoms with Crippen molar-refractivity contribution in [1.29, 1.82) is 0 Å². The number of amides is 2. The van der Waals surface area contributed by atoms with E-state index in [0.717, 1.165) is 12.1 Å². The van der Waals surface area contributed by atoms with Gasteiger partial charge in [0.2, 0.25) is 5.91 Å². The van der Waals surface area contributed by atoms with Crippen LogP contribution in [0.5, 0.6) is 0 Å². The fraction of sp³-hybridized carbons (Fsp3) is 0.333. The summed E-state index contributed by atoms with van der Waals surface area (Å²) < 4.78 is 26.6. The van der Waals surface area contributed by atoms with Gasteiger partial charge in [-0.3, -0.25) is 9.59 Å². The van der Waals surface area contributed by atoms with Crippen molar-refractivity contribution in [2.24, 2.45) is 0 Å². The average Bonchev–Trinajstić information content (AvgIpc) is 2.37. The molecule has 5 nitrogen and oxygen atoms in total. The van der Waals surface area contributed by atoms with E-state index in [0.29, 0.717) is 13.1 Å². The highest BCUT2D eigenvalue weighted by molar-refractivity contribution is 5.97. The molecule has 1 heterocycles. The Labute approximate surface area is 108 Å². The summed E-state index contributed by atoms with van der Waals surface area (Å²) in [6.07, 6.45) is 0. The van der Waals surface area contributed by atoms with Crippen LogP contribution in [-0.2, 0) is 4.79 Å². The van der Waals surface area contributed by atoms with Crippen LogP contribution in [-0.4, -0.2) is 48.3 Å². The molecule has 0 spiro atoms. The molecule has 1 aromatic rings. The number of halogens is 2. The van der Waals surface area contributed by atoms with Gasteiger partial charge in [0, 0.05) is 25.7 Å². The molecule has 102 valence electrons. The monoisotopic (exact) mass is 269 g/mol. The summed E-state index contributed by atoms with van der Waals surface area (Å²) in [4.78, 5) is 26.3. The molecule has 1 aliphatic rings. The molecule has 1 aliphatic heterocycles. The number of nitrogens with two attached hydrogens (primary N) is 1. The molecule has 0 aromatic heterocycles. The predicted octanol–water partition coefficient (Wildman–Crippen LogP) is 0.461. The van der Waals surface area contributed by atoms with Gasteiger partial charge in [-0.15, -0.1) is 0 Å². The Balaban J connectivity index is 2.23. The third-order valence-electron chi connectivity index (χ3n) is 3.07. The van der Waals surface area contributed by atoms with Gasteiger partial charge in [0.05, 0.1) is 0 Å². The summed E-state index contributed by atoms with van der Waals surface area (Å²) in [5.41, 5.74) is 4.36. The molecular weight excluding hydrogens is 256 g/mol. The van der Waals surface area contributed by atoms with Gasteiger partial charge in [-0.05, 0) is 12.1 Å². The minimum atomic E-state index is -0.983. The lowest BCUT2D eigenvalue weighted by Gasteiger charge is -2.32. The Bertz CT molecular complexity index is 525. The second kappa shape index (κ2) is 4.83. The molecule has 2 rings (SSSR count). The van der Waals surface area contributed by atoms with E-state index < -0.39 is 23.2 Å². The Hall–Kier alpha value is -2.18. The number of hydrogen-bond donors (Lipinski definition) is 1. The number of rotatable bonds is 1. The lowest BCUT2D eigenvalue weighted by Crippen LogP contribution is -2.50. The topological polar surface area (TPSA) is 66.6 Å². The highest BCUT2D eigenvalue weighted by Gasteiger charge is 2.26. The summed E-state index contributed by atoms with van der Waals surface area (Å²) in [7, 11) is 1.63. The largest absolute Gasteiger partial charge is 0.394 e. The van der Waals surface area contributed by atoms with Crippen molar-refractivity contribution < 1.29 is 18.4 Å². The molecule has 1 saturated heterocycles. The Kier molecular flexibility index (Phi) is 3.37. The minimum absolute atomic E-state index is 0.0943. The predicted molar refractivity (Wildman–Crippen MR) is 64.3 cm³/mol. The standard InChI is InChI=1S/C12H13F2N3O2/c1-16-2-3-17(6-10(16)18)12(19)7-4-8(13)11(15)9(14)5-7/h4-5H,2-3,6,15H2,1H3. The Morgan fingerprint density at radius 3 is 2.37 bits per heavy atom. The van der Waals surface area contributed by atoms with Crippen LogP contribution in [0.4, 0.5) is 14.5 Å². The van der Waals surface area contributed by atoms with Crippen molar-refractivity contribution in [3.63, 3.8) is 0 Å². The van der Waals surface area contributed by atoms with E-state index in [1.165, 1.54) is 9.80 Å². The lowest BCUT2D eigenvalue weighted by molar-refractivity contribution is -0.133. The van der Waals surface area contributed by atoms with E-state index in [1.54, 1.807) is 7.05 Å². The Morgan fingerprint density at radius 1 is 1.26 bits per heavy atom. The zero-order chi connectivity index (χ0) is 14.2. The molecule has 0 unspecified atom stereocenters. The summed E-state index contributed by atoms with van der Waals surface area (Å²) >= 11 is 0. The van der Waals surface area contributed by atoms with Crippen LogP contribution < -0.4 is 5.73 Å². The van der Waals surface area contributed by atoms with Gasteiger partial charge in [0.15, 0.2) is 0 Å². The zero-order valence-corrected chi connectivity index (χ0v) is 10.3. The summed E-state index contributed by atoms with van der Waals surface area (Å²) in [6, 6.07) is 1.76. The smallest absolute Gasteiger partial charge is 0.254 e. The lowest BCUT2D eigenvalue weighted by atomic mass is 10.1. The number of likely N-dealkylation sites (N-methyl/N-ethyl adjacent to an activating group) is 1. The SMILES string of the molecule is CN1CCN(C(=O)c2cc(F)c(N)c(F)c2)CC1=O. The van der Waals surface area contributed by atoms with E-state index >= 15 is 0 Å². The Morgan fingerprint density at radius 2 is 1.84 bits per heavy atom. The first-order chi connectivity index (χ1) is 8.90. The quantitative estimate of drug-likeness (QED) is 0.753. The van der Waals surface area contributed by atoms with Crippen molar-refractivity contribution in [3.8, 4) is 0 Å². The molecule has 1 fully saturated rings. The van der Waals surface area contributed by atoms with E-state index in [2.05, 4.69) is 0 Å². The fourth-order valence-corrected chi connectivity index (χ4v) is 1.82. The number of nitrogens with zero attached hydrogens (tertiary/aromatic N) is 2. The first kappa shape index (κ1) is 13.3. The molecule has 1 aromatic carbocycles. The van der Waals surface area contributed by atoms with Crippen LogP contribution in [0.2, 0.25) is 0 Å². The van der Waals surface area contributed by atoms with E-state index in [1.807, 2.05) is 0 Å². The normalized spacial score (nSPS) is 15.8. The molecule has 2 N–H and O–H groups in total. The average molecular weight is 269 g/mol. The third-order valence-corrected chi connectivity index (χ3v) is 3.07. The maximum atomic E-state index is 13.3. The van der Waals surface area contributed by atoms with Crippen molar-refractivity contribution >= 4 is 17.5 Å². The molecule has 7 heteroatoms. The van der Waals surface area contributed by atoms with Gasteiger partial charge in [-0.25, -0.2) is 8.78 Å². The van der Waals surface area contributed by atoms with Crippen LogP contribution in [0.3, 0.4) is 0 Å². The molecule has 0 atom stereocenters. The van der Waals surface area contributed by atoms with E-state index in [4.69, 9.17) is 5.73 Å². The molecular formula is C12H13F2N3O2. The van der Waals surface area contributed by atoms with Gasteiger partial charge >= 0.3 is 0 Å². The van der Waals surface area contributed by atoms with Gasteiger partial charge in [-0.2, -0.15) is 0 Å². The van der Waals surface area contributed by atoms with Crippen LogP contribution in [0.25, 0.3) is 0 Å². The number of anilines is 1. The number of hydrogen-bond acceptors (Lipinski definition) is 3. The van der Waals surface area contributed by atoms with Crippen molar-refractivity contribution in [2.45, 2.75) is 0 Å². The van der Waals surface area contributed by atoms with Gasteiger partial charge in [-0.1, -0.05) is 0 Å². The van der Waals surface area contributed by atoms with E-state index in [9.17, 15) is 18.4 Å².